The van der Waals surface area contributed by atoms with Gasteiger partial charge in [-0.05, 0) is 38.4 Å². The maximum absolute atomic E-state index is 6.75. The van der Waals surface area contributed by atoms with E-state index in [0.29, 0.717) is 0 Å². The Morgan fingerprint density at radius 1 is 1.03 bits per heavy atom. The highest BCUT2D eigenvalue weighted by atomic mass is 16.5. The molecule has 3 aliphatic heterocycles. The van der Waals surface area contributed by atoms with E-state index in [1.807, 2.05) is 0 Å². The standard InChI is InChI=1S/C25H31N3O/c1-4-13-27-14-11-25(12-15-27)28-23(21-16-19(3)7-10-24(21)29-25)17-22(26-28)20-8-5-18(2)6-9-20/h5-10,16,23H,4,11-15,17H2,1-3H3/t23-/m1/s1. The zero-order valence-corrected chi connectivity index (χ0v) is 17.8. The highest BCUT2D eigenvalue weighted by molar-refractivity contribution is 6.02. The summed E-state index contributed by atoms with van der Waals surface area (Å²) in [6.45, 7) is 9.88. The van der Waals surface area contributed by atoms with Crippen LogP contribution >= 0.6 is 0 Å². The third kappa shape index (κ3) is 3.24. The van der Waals surface area contributed by atoms with E-state index in [4.69, 9.17) is 9.84 Å². The first-order valence-corrected chi connectivity index (χ1v) is 11.0. The van der Waals surface area contributed by atoms with Crippen molar-refractivity contribution < 1.29 is 4.74 Å². The maximum atomic E-state index is 6.75. The lowest BCUT2D eigenvalue weighted by atomic mass is 9.90. The van der Waals surface area contributed by atoms with Crippen molar-refractivity contribution >= 4 is 5.71 Å². The van der Waals surface area contributed by atoms with E-state index < -0.39 is 0 Å². The van der Waals surface area contributed by atoms with Crippen LogP contribution in [0.5, 0.6) is 5.75 Å². The number of hydrogen-bond donors (Lipinski definition) is 0. The molecule has 5 rings (SSSR count). The number of likely N-dealkylation sites (tertiary alicyclic amines) is 1. The van der Waals surface area contributed by atoms with E-state index in [-0.39, 0.29) is 11.8 Å². The molecule has 152 valence electrons. The summed E-state index contributed by atoms with van der Waals surface area (Å²) in [5, 5.41) is 7.52. The van der Waals surface area contributed by atoms with E-state index in [1.165, 1.54) is 40.9 Å². The number of fused-ring (bicyclic) bond motifs is 4. The van der Waals surface area contributed by atoms with Crippen LogP contribution in [0.15, 0.2) is 47.6 Å². The SMILES string of the molecule is CCCN1CCC2(CC1)Oc1ccc(C)cc1[C@H]1CC(c3ccc(C)cc3)=NN12. The molecule has 0 aliphatic carbocycles. The molecule has 0 radical (unpaired) electrons. The number of hydrazone groups is 1. The van der Waals surface area contributed by atoms with Crippen molar-refractivity contribution in [2.24, 2.45) is 5.10 Å². The highest BCUT2D eigenvalue weighted by Crippen LogP contribution is 2.50. The summed E-state index contributed by atoms with van der Waals surface area (Å²) < 4.78 is 6.75. The predicted octanol–water partition coefficient (Wildman–Crippen LogP) is 5.05. The number of benzene rings is 2. The molecule has 0 bridgehead atoms. The van der Waals surface area contributed by atoms with Crippen molar-refractivity contribution in [3.8, 4) is 5.75 Å². The zero-order valence-electron chi connectivity index (χ0n) is 17.8. The van der Waals surface area contributed by atoms with Gasteiger partial charge in [0.25, 0.3) is 0 Å². The lowest BCUT2D eigenvalue weighted by Crippen LogP contribution is -2.59. The lowest BCUT2D eigenvalue weighted by Gasteiger charge is -2.51. The molecule has 2 aromatic carbocycles. The fourth-order valence-corrected chi connectivity index (χ4v) is 5.09. The Bertz CT molecular complexity index is 926. The molecule has 0 aromatic heterocycles. The second kappa shape index (κ2) is 7.17. The van der Waals surface area contributed by atoms with Gasteiger partial charge in [0, 0.05) is 37.9 Å². The molecule has 1 spiro atoms. The number of piperidine rings is 1. The Balaban J connectivity index is 1.52. The van der Waals surface area contributed by atoms with Crippen molar-refractivity contribution in [1.29, 1.82) is 0 Å². The Kier molecular flexibility index (Phi) is 4.62. The van der Waals surface area contributed by atoms with Gasteiger partial charge < -0.3 is 9.64 Å². The number of ether oxygens (including phenoxy) is 1. The monoisotopic (exact) mass is 389 g/mol. The molecule has 29 heavy (non-hydrogen) atoms. The molecule has 0 unspecified atom stereocenters. The first-order chi connectivity index (χ1) is 14.1. The van der Waals surface area contributed by atoms with Gasteiger partial charge in [0.15, 0.2) is 0 Å². The smallest absolute Gasteiger partial charge is 0.200 e. The van der Waals surface area contributed by atoms with Gasteiger partial charge in [-0.3, -0.25) is 0 Å². The van der Waals surface area contributed by atoms with Gasteiger partial charge in [-0.1, -0.05) is 54.4 Å². The number of nitrogens with zero attached hydrogens (tertiary/aromatic N) is 3. The Morgan fingerprint density at radius 3 is 2.48 bits per heavy atom. The first-order valence-electron chi connectivity index (χ1n) is 11.0. The summed E-state index contributed by atoms with van der Waals surface area (Å²) in [6.07, 6.45) is 4.16. The van der Waals surface area contributed by atoms with Crippen molar-refractivity contribution in [2.75, 3.05) is 19.6 Å². The van der Waals surface area contributed by atoms with Crippen LogP contribution in [0.1, 0.15) is 60.9 Å². The van der Waals surface area contributed by atoms with E-state index >= 15 is 0 Å². The van der Waals surface area contributed by atoms with Crippen LogP contribution < -0.4 is 4.74 Å². The van der Waals surface area contributed by atoms with Crippen LogP contribution in [0.25, 0.3) is 0 Å². The minimum atomic E-state index is -0.316. The van der Waals surface area contributed by atoms with Crippen molar-refractivity contribution in [3.63, 3.8) is 0 Å². The molecule has 4 nitrogen and oxygen atoms in total. The lowest BCUT2D eigenvalue weighted by molar-refractivity contribution is -0.149. The van der Waals surface area contributed by atoms with Gasteiger partial charge in [0.2, 0.25) is 5.72 Å². The van der Waals surface area contributed by atoms with E-state index in [2.05, 4.69) is 73.1 Å². The molecule has 3 aliphatic rings. The summed E-state index contributed by atoms with van der Waals surface area (Å²) in [7, 11) is 0. The third-order valence-corrected chi connectivity index (χ3v) is 6.71. The third-order valence-electron chi connectivity index (χ3n) is 6.71. The van der Waals surface area contributed by atoms with Crippen LogP contribution in [0.4, 0.5) is 0 Å². The molecule has 4 heteroatoms. The van der Waals surface area contributed by atoms with E-state index in [0.717, 1.165) is 38.1 Å². The summed E-state index contributed by atoms with van der Waals surface area (Å²) >= 11 is 0. The van der Waals surface area contributed by atoms with E-state index in [1.54, 1.807) is 0 Å². The molecule has 2 aromatic rings. The molecule has 1 fully saturated rings. The van der Waals surface area contributed by atoms with Gasteiger partial charge in [-0.15, -0.1) is 0 Å². The largest absolute Gasteiger partial charge is 0.466 e. The summed E-state index contributed by atoms with van der Waals surface area (Å²) in [5.41, 5.74) is 5.96. The molecule has 0 saturated carbocycles. The topological polar surface area (TPSA) is 28.1 Å². The average molecular weight is 390 g/mol. The van der Waals surface area contributed by atoms with Crippen LogP contribution in [0.2, 0.25) is 0 Å². The first kappa shape index (κ1) is 18.7. The predicted molar refractivity (Wildman–Crippen MR) is 117 cm³/mol. The fourth-order valence-electron chi connectivity index (χ4n) is 5.09. The second-order valence-electron chi connectivity index (χ2n) is 8.91. The van der Waals surface area contributed by atoms with Crippen molar-refractivity contribution in [1.82, 2.24) is 9.91 Å². The average Bonchev–Trinajstić information content (AvgIpc) is 3.18. The Hall–Kier alpha value is -2.33. The summed E-state index contributed by atoms with van der Waals surface area (Å²) in [4.78, 5) is 2.56. The molecular weight excluding hydrogens is 358 g/mol. The molecule has 0 N–H and O–H groups in total. The minimum absolute atomic E-state index is 0.271. The zero-order chi connectivity index (χ0) is 20.0. The van der Waals surface area contributed by atoms with Crippen molar-refractivity contribution in [3.05, 3.63) is 64.7 Å². The number of rotatable bonds is 3. The number of aryl methyl sites for hydroxylation is 2. The summed E-state index contributed by atoms with van der Waals surface area (Å²) in [6, 6.07) is 15.7. The van der Waals surface area contributed by atoms with Crippen LogP contribution in [-0.2, 0) is 0 Å². The second-order valence-corrected chi connectivity index (χ2v) is 8.91. The fraction of sp³-hybridized carbons (Fsp3) is 0.480. The Labute approximate surface area is 174 Å². The van der Waals surface area contributed by atoms with Crippen molar-refractivity contribution in [2.45, 2.75) is 58.2 Å². The van der Waals surface area contributed by atoms with Gasteiger partial charge in [0.05, 0.1) is 11.8 Å². The normalized spacial score (nSPS) is 22.8. The molecule has 1 atom stereocenters. The Morgan fingerprint density at radius 2 is 1.76 bits per heavy atom. The van der Waals surface area contributed by atoms with Gasteiger partial charge >= 0.3 is 0 Å². The summed E-state index contributed by atoms with van der Waals surface area (Å²) in [5.74, 6) is 1.06. The molecular formula is C25H31N3O. The minimum Gasteiger partial charge on any atom is -0.466 e. The van der Waals surface area contributed by atoms with Crippen LogP contribution in [0.3, 0.4) is 0 Å². The number of hydrogen-bond acceptors (Lipinski definition) is 4. The van der Waals surface area contributed by atoms with E-state index in [9.17, 15) is 0 Å². The molecule has 3 heterocycles. The van der Waals surface area contributed by atoms with Gasteiger partial charge in [0.1, 0.15) is 5.75 Å². The highest BCUT2D eigenvalue weighted by Gasteiger charge is 2.51. The maximum Gasteiger partial charge on any atom is 0.200 e. The van der Waals surface area contributed by atoms with Crippen LogP contribution in [0, 0.1) is 13.8 Å². The van der Waals surface area contributed by atoms with Crippen LogP contribution in [-0.4, -0.2) is 41.0 Å². The van der Waals surface area contributed by atoms with Gasteiger partial charge in [-0.2, -0.15) is 5.10 Å². The van der Waals surface area contributed by atoms with Gasteiger partial charge in [-0.25, -0.2) is 5.01 Å². The quantitative estimate of drug-likeness (QED) is 0.735. The molecule has 1 saturated heterocycles. The molecule has 0 amide bonds.